The molecule has 0 saturated heterocycles. The van der Waals surface area contributed by atoms with Gasteiger partial charge in [-0.25, -0.2) is 4.79 Å². The van der Waals surface area contributed by atoms with Crippen molar-refractivity contribution in [3.8, 4) is 0 Å². The Balaban J connectivity index is 5.42. The number of nitrogens with one attached hydrogen (secondary N) is 3. The number of nitrogens with two attached hydrogens (primary N) is 3. The molecule has 0 aliphatic carbocycles. The van der Waals surface area contributed by atoms with Crippen molar-refractivity contribution >= 4 is 29.6 Å². The van der Waals surface area contributed by atoms with Crippen molar-refractivity contribution in [1.82, 2.24) is 16.0 Å². The number of carboxylic acids is 1. The Morgan fingerprint density at radius 2 is 1.48 bits per heavy atom. The number of aliphatic carboxylic acids is 1. The monoisotopic (exact) mass is 474 g/mol. The van der Waals surface area contributed by atoms with Crippen LogP contribution in [0.15, 0.2) is 0 Å². The van der Waals surface area contributed by atoms with Gasteiger partial charge in [0, 0.05) is 0 Å². The topological polar surface area (TPSA) is 240 Å². The molecular formula is C20H38N6O7. The van der Waals surface area contributed by atoms with Crippen LogP contribution < -0.4 is 33.2 Å². The van der Waals surface area contributed by atoms with Crippen molar-refractivity contribution in [2.24, 2.45) is 23.1 Å². The fraction of sp³-hybridized carbons (Fsp3) is 0.750. The van der Waals surface area contributed by atoms with Crippen molar-refractivity contribution < 1.29 is 34.2 Å². The smallest absolute Gasteiger partial charge is 0.326 e. The third-order valence-corrected chi connectivity index (χ3v) is 5.22. The number of aliphatic hydroxyl groups is 1. The molecule has 0 aromatic carbocycles. The van der Waals surface area contributed by atoms with Gasteiger partial charge in [0.1, 0.15) is 18.1 Å². The minimum atomic E-state index is -1.55. The zero-order valence-electron chi connectivity index (χ0n) is 19.4. The molecule has 11 N–H and O–H groups in total. The molecule has 0 radical (unpaired) electrons. The van der Waals surface area contributed by atoms with Crippen LogP contribution in [0.2, 0.25) is 0 Å². The van der Waals surface area contributed by atoms with E-state index in [2.05, 4.69) is 16.0 Å². The lowest BCUT2D eigenvalue weighted by Gasteiger charge is -2.26. The third-order valence-electron chi connectivity index (χ3n) is 5.22. The summed E-state index contributed by atoms with van der Waals surface area (Å²) in [7, 11) is 0. The molecule has 13 nitrogen and oxygen atoms in total. The maximum absolute atomic E-state index is 12.7. The summed E-state index contributed by atoms with van der Waals surface area (Å²) < 4.78 is 0. The molecule has 0 aliphatic rings. The number of amides is 4. The van der Waals surface area contributed by atoms with Crippen LogP contribution in [0.1, 0.15) is 52.9 Å². The first-order valence-electron chi connectivity index (χ1n) is 10.9. The molecule has 6 unspecified atom stereocenters. The van der Waals surface area contributed by atoms with Crippen LogP contribution >= 0.6 is 0 Å². The average Bonchev–Trinajstić information content (AvgIpc) is 2.74. The van der Waals surface area contributed by atoms with E-state index in [0.717, 1.165) is 0 Å². The number of hydrogen-bond acceptors (Lipinski definition) is 8. The van der Waals surface area contributed by atoms with Crippen molar-refractivity contribution in [3.63, 3.8) is 0 Å². The van der Waals surface area contributed by atoms with E-state index in [1.165, 1.54) is 6.92 Å². The number of carbonyl (C=O) groups is 5. The molecule has 0 spiro atoms. The Labute approximate surface area is 193 Å². The number of unbranched alkanes of at least 4 members (excludes halogenated alkanes) is 1. The quantitative estimate of drug-likeness (QED) is 0.108. The van der Waals surface area contributed by atoms with E-state index in [9.17, 15) is 34.2 Å². The molecule has 0 rings (SSSR count). The number of carboxylic acid groups (broad SMARTS) is 1. The number of hydrogen-bond donors (Lipinski definition) is 8. The minimum Gasteiger partial charge on any atom is -0.480 e. The molecule has 0 bridgehead atoms. The van der Waals surface area contributed by atoms with Crippen molar-refractivity contribution in [2.45, 2.75) is 83.1 Å². The van der Waals surface area contributed by atoms with Gasteiger partial charge in [0.15, 0.2) is 0 Å². The van der Waals surface area contributed by atoms with E-state index in [1.807, 2.05) is 6.92 Å². The van der Waals surface area contributed by atoms with Crippen LogP contribution in [0.5, 0.6) is 0 Å². The maximum atomic E-state index is 12.7. The highest BCUT2D eigenvalue weighted by molar-refractivity contribution is 5.96. The van der Waals surface area contributed by atoms with Gasteiger partial charge >= 0.3 is 5.97 Å². The fourth-order valence-electron chi connectivity index (χ4n) is 2.86. The van der Waals surface area contributed by atoms with E-state index in [4.69, 9.17) is 17.2 Å². The number of carbonyl (C=O) groups excluding carboxylic acids is 4. The Morgan fingerprint density at radius 1 is 0.909 bits per heavy atom. The highest BCUT2D eigenvalue weighted by atomic mass is 16.4. The molecule has 33 heavy (non-hydrogen) atoms. The van der Waals surface area contributed by atoms with Crippen molar-refractivity contribution in [3.05, 3.63) is 0 Å². The molecule has 190 valence electrons. The van der Waals surface area contributed by atoms with Crippen LogP contribution in [0, 0.1) is 5.92 Å². The highest BCUT2D eigenvalue weighted by Crippen LogP contribution is 2.07. The lowest BCUT2D eigenvalue weighted by Crippen LogP contribution is -2.60. The first kappa shape index (κ1) is 30.2. The number of rotatable bonds is 16. The van der Waals surface area contributed by atoms with Crippen LogP contribution in [0.4, 0.5) is 0 Å². The Morgan fingerprint density at radius 3 is 1.94 bits per heavy atom. The van der Waals surface area contributed by atoms with E-state index in [-0.39, 0.29) is 12.3 Å². The molecule has 0 aromatic rings. The molecule has 0 aliphatic heterocycles. The number of aliphatic hydroxyl groups excluding tert-OH is 1. The fourth-order valence-corrected chi connectivity index (χ4v) is 2.86. The summed E-state index contributed by atoms with van der Waals surface area (Å²) in [5.74, 6) is -4.97. The normalized spacial score (nSPS) is 16.4. The maximum Gasteiger partial charge on any atom is 0.326 e. The predicted octanol–water partition coefficient (Wildman–Crippen LogP) is -2.72. The Hall–Kier alpha value is -2.77. The van der Waals surface area contributed by atoms with Gasteiger partial charge in [-0.3, -0.25) is 19.2 Å². The first-order valence-corrected chi connectivity index (χ1v) is 10.9. The third kappa shape index (κ3) is 11.1. The van der Waals surface area contributed by atoms with Gasteiger partial charge in [0.25, 0.3) is 0 Å². The van der Waals surface area contributed by atoms with Crippen molar-refractivity contribution in [1.29, 1.82) is 0 Å². The Kier molecular flexibility index (Phi) is 13.9. The Bertz CT molecular complexity index is 688. The molecule has 0 aromatic heterocycles. The van der Waals surface area contributed by atoms with Gasteiger partial charge in [0.05, 0.1) is 18.6 Å². The number of primary amides is 1. The zero-order chi connectivity index (χ0) is 25.7. The van der Waals surface area contributed by atoms with Crippen molar-refractivity contribution in [2.75, 3.05) is 6.54 Å². The predicted molar refractivity (Wildman–Crippen MR) is 119 cm³/mol. The molecular weight excluding hydrogens is 436 g/mol. The van der Waals surface area contributed by atoms with Gasteiger partial charge < -0.3 is 43.4 Å². The second-order valence-electron chi connectivity index (χ2n) is 8.05. The van der Waals surface area contributed by atoms with E-state index in [1.54, 1.807) is 6.92 Å². The SMILES string of the molecule is CCC(C)C(N)C(=O)NC(CC(N)=O)C(=O)NC(C(=O)NC(CCCCN)C(=O)O)C(C)O. The van der Waals surface area contributed by atoms with Crippen LogP contribution in [-0.4, -0.2) is 76.6 Å². The molecule has 13 heteroatoms. The standard InChI is InChI=1S/C20H38N6O7/c1-4-10(2)15(23)18(30)25-13(9-14(22)28)17(29)26-16(11(3)27)19(31)24-12(20(32)33)7-5-6-8-21/h10-13,15-16,27H,4-9,21,23H2,1-3H3,(H2,22,28)(H,24,31)(H,25,30)(H,26,29)(H,32,33). The summed E-state index contributed by atoms with van der Waals surface area (Å²) in [5.41, 5.74) is 16.4. The van der Waals surface area contributed by atoms with Gasteiger partial charge in [-0.15, -0.1) is 0 Å². The molecule has 6 atom stereocenters. The van der Waals surface area contributed by atoms with Gasteiger partial charge in [-0.2, -0.15) is 0 Å². The van der Waals surface area contributed by atoms with E-state index < -0.39 is 66.3 Å². The van der Waals surface area contributed by atoms with Gasteiger partial charge in [0.2, 0.25) is 23.6 Å². The molecule has 0 fully saturated rings. The summed E-state index contributed by atoms with van der Waals surface area (Å²) in [4.78, 5) is 60.5. The van der Waals surface area contributed by atoms with Crippen LogP contribution in [-0.2, 0) is 24.0 Å². The summed E-state index contributed by atoms with van der Waals surface area (Å²) in [6.07, 6.45) is -0.282. The second-order valence-corrected chi connectivity index (χ2v) is 8.05. The first-order chi connectivity index (χ1) is 15.3. The van der Waals surface area contributed by atoms with Gasteiger partial charge in [-0.1, -0.05) is 20.3 Å². The molecule has 0 heterocycles. The van der Waals surface area contributed by atoms with Crippen LogP contribution in [0.25, 0.3) is 0 Å². The summed E-state index contributed by atoms with van der Waals surface area (Å²) in [5, 5.41) is 26.2. The van der Waals surface area contributed by atoms with E-state index >= 15 is 0 Å². The summed E-state index contributed by atoms with van der Waals surface area (Å²) in [6.45, 7) is 5.15. The largest absolute Gasteiger partial charge is 0.480 e. The average molecular weight is 475 g/mol. The molecule has 4 amide bonds. The molecule has 0 saturated carbocycles. The minimum absolute atomic E-state index is 0.104. The summed E-state index contributed by atoms with van der Waals surface area (Å²) in [6, 6.07) is -5.20. The van der Waals surface area contributed by atoms with Crippen LogP contribution in [0.3, 0.4) is 0 Å². The lowest BCUT2D eigenvalue weighted by molar-refractivity contribution is -0.143. The van der Waals surface area contributed by atoms with E-state index in [0.29, 0.717) is 25.8 Å². The highest BCUT2D eigenvalue weighted by Gasteiger charge is 2.33. The zero-order valence-corrected chi connectivity index (χ0v) is 19.4. The second kappa shape index (κ2) is 15.1. The summed E-state index contributed by atoms with van der Waals surface area (Å²) >= 11 is 0. The lowest BCUT2D eigenvalue weighted by atomic mass is 9.99. The van der Waals surface area contributed by atoms with Gasteiger partial charge in [-0.05, 0) is 38.6 Å².